The Hall–Kier alpha value is -1.51. The molecule has 0 spiro atoms. The topological polar surface area (TPSA) is 41.1 Å². The molecule has 0 bridgehead atoms. The van der Waals surface area contributed by atoms with Gasteiger partial charge in [0.05, 0.1) is 0 Å². The fourth-order valence-electron chi connectivity index (χ4n) is 1.92. The third kappa shape index (κ3) is 3.48. The van der Waals surface area contributed by atoms with Gasteiger partial charge in [-0.05, 0) is 37.8 Å². The molecule has 3 heteroatoms. The summed E-state index contributed by atoms with van der Waals surface area (Å²) < 4.78 is 0. The van der Waals surface area contributed by atoms with E-state index in [-0.39, 0.29) is 5.91 Å². The van der Waals surface area contributed by atoms with Crippen LogP contribution in [0, 0.1) is 13.8 Å². The van der Waals surface area contributed by atoms with Crippen molar-refractivity contribution in [2.75, 3.05) is 11.9 Å². The van der Waals surface area contributed by atoms with Gasteiger partial charge in [0.2, 0.25) is 5.91 Å². The summed E-state index contributed by atoms with van der Waals surface area (Å²) in [6.07, 6.45) is 2.84. The maximum Gasteiger partial charge on any atom is 0.221 e. The van der Waals surface area contributed by atoms with Crippen LogP contribution < -0.4 is 10.6 Å². The number of hydrogen-bond donors (Lipinski definition) is 2. The van der Waals surface area contributed by atoms with Crippen molar-refractivity contribution < 1.29 is 4.79 Å². The van der Waals surface area contributed by atoms with Gasteiger partial charge in [0.1, 0.15) is 0 Å². The number of benzene rings is 1. The maximum atomic E-state index is 11.5. The highest BCUT2D eigenvalue weighted by Gasteiger charge is 2.22. The molecule has 3 nitrogen and oxygen atoms in total. The lowest BCUT2D eigenvalue weighted by atomic mass is 10.1. The summed E-state index contributed by atoms with van der Waals surface area (Å²) in [5.74, 6) is 0.159. The van der Waals surface area contributed by atoms with Crippen molar-refractivity contribution in [2.45, 2.75) is 39.2 Å². The van der Waals surface area contributed by atoms with Gasteiger partial charge in [0, 0.05) is 24.7 Å². The second-order valence-corrected chi connectivity index (χ2v) is 4.79. The van der Waals surface area contributed by atoms with Crippen LogP contribution in [0.1, 0.15) is 30.4 Å². The molecule has 1 fully saturated rings. The van der Waals surface area contributed by atoms with Gasteiger partial charge >= 0.3 is 0 Å². The molecular formula is C14H20N2O. The number of anilines is 1. The summed E-state index contributed by atoms with van der Waals surface area (Å²) >= 11 is 0. The van der Waals surface area contributed by atoms with E-state index in [1.54, 1.807) is 0 Å². The lowest BCUT2D eigenvalue weighted by Crippen LogP contribution is -2.27. The molecule has 0 unspecified atom stereocenters. The summed E-state index contributed by atoms with van der Waals surface area (Å²) in [6, 6.07) is 6.68. The minimum Gasteiger partial charge on any atom is -0.384 e. The maximum absolute atomic E-state index is 11.5. The third-order valence-corrected chi connectivity index (χ3v) is 3.08. The van der Waals surface area contributed by atoms with Crippen LogP contribution in [0.15, 0.2) is 18.2 Å². The highest BCUT2D eigenvalue weighted by atomic mass is 16.1. The van der Waals surface area contributed by atoms with E-state index in [2.05, 4.69) is 42.7 Å². The summed E-state index contributed by atoms with van der Waals surface area (Å²) in [6.45, 7) is 4.86. The van der Waals surface area contributed by atoms with Gasteiger partial charge in [-0.3, -0.25) is 4.79 Å². The van der Waals surface area contributed by atoms with Crippen molar-refractivity contribution in [3.63, 3.8) is 0 Å². The van der Waals surface area contributed by atoms with Crippen LogP contribution in [0.25, 0.3) is 0 Å². The second-order valence-electron chi connectivity index (χ2n) is 4.79. The van der Waals surface area contributed by atoms with E-state index in [1.807, 2.05) is 0 Å². The molecule has 1 aliphatic carbocycles. The molecule has 1 amide bonds. The van der Waals surface area contributed by atoms with Crippen LogP contribution in [0.4, 0.5) is 5.69 Å². The Morgan fingerprint density at radius 3 is 2.53 bits per heavy atom. The van der Waals surface area contributed by atoms with Gasteiger partial charge in [-0.2, -0.15) is 0 Å². The minimum absolute atomic E-state index is 0.159. The molecule has 0 aromatic heterocycles. The predicted octanol–water partition coefficient (Wildman–Crippen LogP) is 2.38. The first-order valence-electron chi connectivity index (χ1n) is 6.26. The van der Waals surface area contributed by atoms with Crippen LogP contribution in [0.2, 0.25) is 0 Å². The number of nitrogens with one attached hydrogen (secondary N) is 2. The average molecular weight is 232 g/mol. The van der Waals surface area contributed by atoms with E-state index in [1.165, 1.54) is 11.1 Å². The molecule has 0 atom stereocenters. The monoisotopic (exact) mass is 232 g/mol. The van der Waals surface area contributed by atoms with Crippen molar-refractivity contribution in [3.8, 4) is 0 Å². The summed E-state index contributed by atoms with van der Waals surface area (Å²) in [7, 11) is 0. The molecule has 0 aliphatic heterocycles. The van der Waals surface area contributed by atoms with Gasteiger partial charge in [0.15, 0.2) is 0 Å². The van der Waals surface area contributed by atoms with E-state index in [4.69, 9.17) is 0 Å². The molecule has 92 valence electrons. The number of hydrogen-bond acceptors (Lipinski definition) is 2. The first kappa shape index (κ1) is 12.0. The van der Waals surface area contributed by atoms with Crippen LogP contribution in [-0.2, 0) is 4.79 Å². The Morgan fingerprint density at radius 2 is 1.94 bits per heavy atom. The van der Waals surface area contributed by atoms with E-state index in [0.717, 1.165) is 18.5 Å². The molecule has 0 radical (unpaired) electrons. The number of aryl methyl sites for hydroxylation is 2. The Morgan fingerprint density at radius 1 is 1.29 bits per heavy atom. The summed E-state index contributed by atoms with van der Waals surface area (Å²) in [4.78, 5) is 11.5. The SMILES string of the molecule is Cc1cccc(C)c1NCCC(=O)NC1CC1. The van der Waals surface area contributed by atoms with Gasteiger partial charge < -0.3 is 10.6 Å². The molecule has 0 saturated heterocycles. The lowest BCUT2D eigenvalue weighted by Gasteiger charge is -2.12. The quantitative estimate of drug-likeness (QED) is 0.818. The fraction of sp³-hybridized carbons (Fsp3) is 0.500. The zero-order valence-electron chi connectivity index (χ0n) is 10.5. The van der Waals surface area contributed by atoms with E-state index >= 15 is 0 Å². The highest BCUT2D eigenvalue weighted by Crippen LogP contribution is 2.20. The van der Waals surface area contributed by atoms with Crippen LogP contribution >= 0.6 is 0 Å². The van der Waals surface area contributed by atoms with Crippen LogP contribution in [0.5, 0.6) is 0 Å². The average Bonchev–Trinajstić information content (AvgIpc) is 3.06. The highest BCUT2D eigenvalue weighted by molar-refractivity contribution is 5.77. The van der Waals surface area contributed by atoms with Crippen molar-refractivity contribution in [1.29, 1.82) is 0 Å². The van der Waals surface area contributed by atoms with Crippen molar-refractivity contribution >= 4 is 11.6 Å². The standard InChI is InChI=1S/C14H20N2O/c1-10-4-3-5-11(2)14(10)15-9-8-13(17)16-12-6-7-12/h3-5,12,15H,6-9H2,1-2H3,(H,16,17). The fourth-order valence-corrected chi connectivity index (χ4v) is 1.92. The zero-order chi connectivity index (χ0) is 12.3. The van der Waals surface area contributed by atoms with E-state index in [9.17, 15) is 4.79 Å². The van der Waals surface area contributed by atoms with Crippen LogP contribution in [-0.4, -0.2) is 18.5 Å². The van der Waals surface area contributed by atoms with Gasteiger partial charge in [0.25, 0.3) is 0 Å². The van der Waals surface area contributed by atoms with E-state index in [0.29, 0.717) is 19.0 Å². The first-order valence-corrected chi connectivity index (χ1v) is 6.26. The largest absolute Gasteiger partial charge is 0.384 e. The van der Waals surface area contributed by atoms with Crippen LogP contribution in [0.3, 0.4) is 0 Å². The smallest absolute Gasteiger partial charge is 0.221 e. The minimum atomic E-state index is 0.159. The lowest BCUT2D eigenvalue weighted by molar-refractivity contribution is -0.120. The number of rotatable bonds is 5. The summed E-state index contributed by atoms with van der Waals surface area (Å²) in [5.41, 5.74) is 3.62. The van der Waals surface area contributed by atoms with Crippen molar-refractivity contribution in [3.05, 3.63) is 29.3 Å². The molecular weight excluding hydrogens is 212 g/mol. The molecule has 2 rings (SSSR count). The zero-order valence-corrected chi connectivity index (χ0v) is 10.5. The molecule has 1 aromatic carbocycles. The number of para-hydroxylation sites is 1. The second kappa shape index (κ2) is 5.21. The molecule has 17 heavy (non-hydrogen) atoms. The molecule has 1 aromatic rings. The molecule has 1 aliphatic rings. The van der Waals surface area contributed by atoms with E-state index < -0.39 is 0 Å². The van der Waals surface area contributed by atoms with Gasteiger partial charge in [-0.15, -0.1) is 0 Å². The first-order chi connectivity index (χ1) is 8.16. The van der Waals surface area contributed by atoms with Gasteiger partial charge in [-0.25, -0.2) is 0 Å². The molecule has 1 saturated carbocycles. The molecule has 0 heterocycles. The third-order valence-electron chi connectivity index (χ3n) is 3.08. The van der Waals surface area contributed by atoms with Crippen molar-refractivity contribution in [1.82, 2.24) is 5.32 Å². The van der Waals surface area contributed by atoms with Crippen molar-refractivity contribution in [2.24, 2.45) is 0 Å². The number of amides is 1. The number of carbonyl (C=O) groups excluding carboxylic acids is 1. The normalized spacial score (nSPS) is 14.5. The van der Waals surface area contributed by atoms with Gasteiger partial charge in [-0.1, -0.05) is 18.2 Å². The Labute approximate surface area is 103 Å². The Kier molecular flexibility index (Phi) is 3.67. The Balaban J connectivity index is 1.79. The number of carbonyl (C=O) groups is 1. The molecule has 2 N–H and O–H groups in total. The predicted molar refractivity (Wildman–Crippen MR) is 70.2 cm³/mol. The summed E-state index contributed by atoms with van der Waals surface area (Å²) in [5, 5.41) is 6.34. The Bertz CT molecular complexity index is 390.